The molecule has 37 heavy (non-hydrogen) atoms. The maximum atomic E-state index is 15.1. The number of hydrogen-bond donors (Lipinski definition) is 1. The van der Waals surface area contributed by atoms with Crippen molar-refractivity contribution in [2.24, 2.45) is 10.5 Å². The van der Waals surface area contributed by atoms with E-state index >= 15 is 4.39 Å². The Labute approximate surface area is 216 Å². The molecule has 8 nitrogen and oxygen atoms in total. The minimum absolute atomic E-state index is 0.0534. The van der Waals surface area contributed by atoms with Gasteiger partial charge in [-0.25, -0.2) is 14.6 Å². The van der Waals surface area contributed by atoms with Gasteiger partial charge in [0.15, 0.2) is 5.84 Å². The van der Waals surface area contributed by atoms with E-state index in [0.29, 0.717) is 30.2 Å². The van der Waals surface area contributed by atoms with E-state index in [1.807, 2.05) is 50.8 Å². The van der Waals surface area contributed by atoms with Crippen LogP contribution in [0.15, 0.2) is 41.5 Å². The van der Waals surface area contributed by atoms with Gasteiger partial charge in [0.25, 0.3) is 5.91 Å². The molecule has 1 fully saturated rings. The van der Waals surface area contributed by atoms with Crippen molar-refractivity contribution in [2.45, 2.75) is 59.1 Å². The highest BCUT2D eigenvalue weighted by molar-refractivity contribution is 6.09. The third-order valence-electron chi connectivity index (χ3n) is 7.52. The average Bonchev–Trinajstić information content (AvgIpc) is 2.82. The van der Waals surface area contributed by atoms with E-state index in [9.17, 15) is 9.59 Å². The smallest absolute Gasteiger partial charge is 0.410 e. The van der Waals surface area contributed by atoms with Gasteiger partial charge in [0, 0.05) is 24.1 Å². The molecule has 0 unspecified atom stereocenters. The van der Waals surface area contributed by atoms with E-state index in [0.717, 1.165) is 16.8 Å². The van der Waals surface area contributed by atoms with Crippen molar-refractivity contribution < 1.29 is 23.5 Å². The van der Waals surface area contributed by atoms with Crippen molar-refractivity contribution in [1.29, 1.82) is 0 Å². The number of nitrogens with zero attached hydrogens (tertiary/aromatic N) is 3. The van der Waals surface area contributed by atoms with Crippen molar-refractivity contribution >= 4 is 23.5 Å². The quantitative estimate of drug-likeness (QED) is 0.639. The molecular weight excluding hydrogens is 475 g/mol. The molecule has 1 saturated heterocycles. The summed E-state index contributed by atoms with van der Waals surface area (Å²) in [5.74, 6) is 0.603. The Kier molecular flexibility index (Phi) is 5.92. The zero-order valence-corrected chi connectivity index (χ0v) is 22.1. The summed E-state index contributed by atoms with van der Waals surface area (Å²) in [5, 5.41) is 4.19. The maximum absolute atomic E-state index is 15.1. The zero-order chi connectivity index (χ0) is 26.7. The van der Waals surface area contributed by atoms with Crippen LogP contribution in [-0.2, 0) is 9.53 Å². The number of anilines is 1. The molecule has 2 atom stereocenters. The van der Waals surface area contributed by atoms with E-state index in [1.165, 1.54) is 6.07 Å². The summed E-state index contributed by atoms with van der Waals surface area (Å²) >= 11 is 0. The molecular formula is C28H33FN4O4. The molecule has 0 spiro atoms. The van der Waals surface area contributed by atoms with Crippen LogP contribution in [0.4, 0.5) is 14.9 Å². The summed E-state index contributed by atoms with van der Waals surface area (Å²) in [4.78, 5) is 28.6. The van der Waals surface area contributed by atoms with Crippen LogP contribution in [0, 0.1) is 11.2 Å². The van der Waals surface area contributed by atoms with Crippen LogP contribution < -0.4 is 15.1 Å². The van der Waals surface area contributed by atoms with E-state index in [4.69, 9.17) is 9.47 Å². The maximum Gasteiger partial charge on any atom is 0.410 e. The van der Waals surface area contributed by atoms with Gasteiger partial charge in [-0.15, -0.1) is 0 Å². The summed E-state index contributed by atoms with van der Waals surface area (Å²) < 4.78 is 26.6. The van der Waals surface area contributed by atoms with Crippen LogP contribution in [-0.4, -0.2) is 54.1 Å². The number of amides is 2. The van der Waals surface area contributed by atoms with Crippen LogP contribution >= 0.6 is 0 Å². The number of amidine groups is 1. The van der Waals surface area contributed by atoms with Crippen molar-refractivity contribution in [2.75, 3.05) is 24.6 Å². The molecule has 0 aliphatic carbocycles. The average molecular weight is 509 g/mol. The predicted octanol–water partition coefficient (Wildman–Crippen LogP) is 4.88. The topological polar surface area (TPSA) is 83.5 Å². The lowest BCUT2D eigenvalue weighted by Gasteiger charge is -2.51. The largest absolute Gasteiger partial charge is 0.483 e. The number of hydrazone groups is 1. The normalized spacial score (nSPS) is 21.0. The molecule has 9 heteroatoms. The molecule has 3 aliphatic heterocycles. The van der Waals surface area contributed by atoms with Crippen LogP contribution in [0.25, 0.3) is 11.1 Å². The lowest BCUT2D eigenvalue weighted by Crippen LogP contribution is -2.59. The standard InChI is InChI=1S/C28H33FN4O4/c1-16(28(6)14-32(15-28)26(35)37-27(3,4)5)19-11-22-23(12-20(19)18-9-7-8-10-21(18)29)36-13-24-30-31-25(34)17(2)33(22)24/h7-12,16-17H,13-15H2,1-6H3,(H,31,34)/t16-,17-/m1/s1. The monoisotopic (exact) mass is 508 g/mol. The van der Waals surface area contributed by atoms with Gasteiger partial charge in [-0.3, -0.25) is 4.79 Å². The molecule has 0 aromatic heterocycles. The summed E-state index contributed by atoms with van der Waals surface area (Å²) in [6.45, 7) is 12.8. The van der Waals surface area contributed by atoms with Crippen LogP contribution in [0.3, 0.4) is 0 Å². The van der Waals surface area contributed by atoms with Crippen molar-refractivity contribution in [1.82, 2.24) is 10.3 Å². The Hall–Kier alpha value is -3.62. The summed E-state index contributed by atoms with van der Waals surface area (Å²) in [5.41, 5.74) is 4.57. The molecule has 196 valence electrons. The number of fused-ring (bicyclic) bond motifs is 3. The molecule has 0 bridgehead atoms. The van der Waals surface area contributed by atoms with Crippen LogP contribution in [0.5, 0.6) is 5.75 Å². The van der Waals surface area contributed by atoms with Crippen molar-refractivity contribution in [3.05, 3.63) is 47.8 Å². The number of carbonyl (C=O) groups excluding carboxylic acids is 2. The Balaban J connectivity index is 1.56. The molecule has 2 aromatic rings. The number of ether oxygens (including phenoxy) is 2. The first kappa shape index (κ1) is 25.0. The number of hydrogen-bond acceptors (Lipinski definition) is 6. The first-order chi connectivity index (χ1) is 17.4. The lowest BCUT2D eigenvalue weighted by molar-refractivity contribution is -0.122. The van der Waals surface area contributed by atoms with Gasteiger partial charge in [-0.2, -0.15) is 5.10 Å². The number of carbonyl (C=O) groups is 2. The molecule has 2 aromatic carbocycles. The molecule has 2 amide bonds. The van der Waals surface area contributed by atoms with Crippen LogP contribution in [0.2, 0.25) is 0 Å². The fourth-order valence-corrected chi connectivity index (χ4v) is 5.29. The fourth-order valence-electron chi connectivity index (χ4n) is 5.29. The van der Waals surface area contributed by atoms with Crippen LogP contribution in [0.1, 0.15) is 53.0 Å². The highest BCUT2D eigenvalue weighted by Gasteiger charge is 2.48. The number of benzene rings is 2. The second-order valence-corrected chi connectivity index (χ2v) is 11.4. The van der Waals surface area contributed by atoms with E-state index in [2.05, 4.69) is 24.4 Å². The van der Waals surface area contributed by atoms with E-state index in [1.54, 1.807) is 17.0 Å². The third-order valence-corrected chi connectivity index (χ3v) is 7.52. The first-order valence-electron chi connectivity index (χ1n) is 12.6. The Morgan fingerprint density at radius 3 is 2.62 bits per heavy atom. The van der Waals surface area contributed by atoms with E-state index < -0.39 is 11.6 Å². The summed E-state index contributed by atoms with van der Waals surface area (Å²) in [7, 11) is 0. The molecule has 0 saturated carbocycles. The van der Waals surface area contributed by atoms with Crippen molar-refractivity contribution in [3.63, 3.8) is 0 Å². The van der Waals surface area contributed by atoms with Gasteiger partial charge in [0.05, 0.1) is 5.69 Å². The Morgan fingerprint density at radius 1 is 1.24 bits per heavy atom. The Bertz CT molecular complexity index is 1300. The van der Waals surface area contributed by atoms with Gasteiger partial charge in [0.2, 0.25) is 0 Å². The SMILES string of the molecule is C[C@@H]1C(=O)NN=C2COc3cc(-c4ccccc4F)c([C@@H](C)C4(C)CN(C(=O)OC(C)(C)C)C4)cc3N21. The highest BCUT2D eigenvalue weighted by atomic mass is 19.1. The zero-order valence-electron chi connectivity index (χ0n) is 22.1. The summed E-state index contributed by atoms with van der Waals surface area (Å²) in [6.07, 6.45) is -0.334. The number of likely N-dealkylation sites (tertiary alicyclic amines) is 1. The minimum Gasteiger partial charge on any atom is -0.483 e. The second kappa shape index (κ2) is 8.75. The van der Waals surface area contributed by atoms with Gasteiger partial charge in [0.1, 0.15) is 29.8 Å². The molecule has 0 radical (unpaired) electrons. The van der Waals surface area contributed by atoms with Gasteiger partial charge >= 0.3 is 6.09 Å². The molecule has 3 aliphatic rings. The fraction of sp³-hybridized carbons (Fsp3) is 0.464. The first-order valence-corrected chi connectivity index (χ1v) is 12.6. The minimum atomic E-state index is -0.568. The number of halogens is 1. The van der Waals surface area contributed by atoms with Gasteiger partial charge in [-0.1, -0.05) is 32.0 Å². The van der Waals surface area contributed by atoms with Crippen molar-refractivity contribution in [3.8, 4) is 16.9 Å². The Morgan fingerprint density at radius 2 is 1.95 bits per heavy atom. The highest BCUT2D eigenvalue weighted by Crippen LogP contribution is 2.50. The third kappa shape index (κ3) is 4.40. The summed E-state index contributed by atoms with van der Waals surface area (Å²) in [6, 6.07) is 10.1. The number of rotatable bonds is 3. The molecule has 5 rings (SSSR count). The molecule has 3 heterocycles. The van der Waals surface area contributed by atoms with Gasteiger partial charge in [-0.05, 0) is 62.9 Å². The van der Waals surface area contributed by atoms with Gasteiger partial charge < -0.3 is 19.3 Å². The number of nitrogens with one attached hydrogen (secondary N) is 1. The second-order valence-electron chi connectivity index (χ2n) is 11.4. The lowest BCUT2D eigenvalue weighted by atomic mass is 9.67. The van der Waals surface area contributed by atoms with E-state index in [-0.39, 0.29) is 35.8 Å². The molecule has 1 N–H and O–H groups in total. The predicted molar refractivity (Wildman–Crippen MR) is 139 cm³/mol.